The Kier molecular flexibility index (Phi) is 6.70. The number of hydrogen-bond donors (Lipinski definition) is 0. The van der Waals surface area contributed by atoms with Crippen molar-refractivity contribution in [1.29, 1.82) is 0 Å². The fraction of sp³-hybridized carbons (Fsp3) is 0.435. The summed E-state index contributed by atoms with van der Waals surface area (Å²) in [4.78, 5) is 17.1. The van der Waals surface area contributed by atoms with Crippen LogP contribution in [0.3, 0.4) is 0 Å². The molecule has 0 saturated carbocycles. The van der Waals surface area contributed by atoms with Gasteiger partial charge < -0.3 is 19.3 Å². The number of allylic oxidation sites excluding steroid dienone is 4. The van der Waals surface area contributed by atoms with Gasteiger partial charge in [-0.3, -0.25) is 4.79 Å². The minimum Gasteiger partial charge on any atom is -0.494 e. The highest BCUT2D eigenvalue weighted by molar-refractivity contribution is 6.25. The first-order valence-electron chi connectivity index (χ1n) is 9.84. The minimum atomic E-state index is -0.0352. The van der Waals surface area contributed by atoms with Crippen LogP contribution < -0.4 is 4.74 Å². The maximum Gasteiger partial charge on any atom is 0.228 e. The Morgan fingerprint density at radius 2 is 1.54 bits per heavy atom. The van der Waals surface area contributed by atoms with Gasteiger partial charge >= 0.3 is 0 Å². The molecule has 28 heavy (non-hydrogen) atoms. The van der Waals surface area contributed by atoms with Gasteiger partial charge in [0.25, 0.3) is 0 Å². The standard InChI is InChI=1S/C23H30N2O3/c1-24(2)11-5-13-27-18-7-8-19-17(15-18)16-21-20(19)9-10-22(23(21)26)28-14-6-12-25(3)4/h7-10,15-16H,5-6,11-14H2,1-4H3. The maximum atomic E-state index is 12.8. The predicted molar refractivity (Wildman–Crippen MR) is 113 cm³/mol. The molecule has 1 aromatic carbocycles. The molecule has 150 valence electrons. The molecule has 0 bridgehead atoms. The number of hydrogen-bond acceptors (Lipinski definition) is 5. The number of benzene rings is 1. The Morgan fingerprint density at radius 1 is 0.857 bits per heavy atom. The lowest BCUT2D eigenvalue weighted by Gasteiger charge is -2.16. The molecule has 2 aliphatic carbocycles. The minimum absolute atomic E-state index is 0.0352. The van der Waals surface area contributed by atoms with Gasteiger partial charge in [0, 0.05) is 18.7 Å². The van der Waals surface area contributed by atoms with E-state index in [9.17, 15) is 4.79 Å². The monoisotopic (exact) mass is 382 g/mol. The highest BCUT2D eigenvalue weighted by atomic mass is 16.5. The van der Waals surface area contributed by atoms with Crippen LogP contribution in [0.4, 0.5) is 0 Å². The number of nitrogens with zero attached hydrogens (tertiary/aromatic N) is 2. The SMILES string of the molecule is CN(C)CCCOC1=CC=C2C(=Cc3cc(OCCCN(C)C)ccc32)C1=O. The van der Waals surface area contributed by atoms with Gasteiger partial charge in [-0.05, 0) is 88.1 Å². The van der Waals surface area contributed by atoms with E-state index < -0.39 is 0 Å². The Labute approximate surface area is 167 Å². The Morgan fingerprint density at radius 3 is 2.21 bits per heavy atom. The molecule has 0 radical (unpaired) electrons. The lowest BCUT2D eigenvalue weighted by Crippen LogP contribution is -2.17. The molecule has 0 heterocycles. The van der Waals surface area contributed by atoms with E-state index in [2.05, 4.69) is 23.9 Å². The van der Waals surface area contributed by atoms with Crippen molar-refractivity contribution in [1.82, 2.24) is 9.80 Å². The zero-order valence-electron chi connectivity index (χ0n) is 17.3. The van der Waals surface area contributed by atoms with Crippen LogP contribution in [0.1, 0.15) is 24.0 Å². The van der Waals surface area contributed by atoms with Crippen molar-refractivity contribution in [2.75, 3.05) is 54.5 Å². The smallest absolute Gasteiger partial charge is 0.228 e. The van der Waals surface area contributed by atoms with Gasteiger partial charge in [0.2, 0.25) is 5.78 Å². The van der Waals surface area contributed by atoms with E-state index >= 15 is 0 Å². The van der Waals surface area contributed by atoms with Crippen molar-refractivity contribution >= 4 is 17.4 Å². The van der Waals surface area contributed by atoms with E-state index in [0.29, 0.717) is 24.5 Å². The third-order valence-corrected chi connectivity index (χ3v) is 4.80. The molecule has 0 fully saturated rings. The van der Waals surface area contributed by atoms with E-state index in [4.69, 9.17) is 9.47 Å². The third-order valence-electron chi connectivity index (χ3n) is 4.80. The Hall–Kier alpha value is -2.37. The van der Waals surface area contributed by atoms with E-state index in [1.54, 1.807) is 6.08 Å². The van der Waals surface area contributed by atoms with E-state index in [0.717, 1.165) is 48.4 Å². The number of fused-ring (bicyclic) bond motifs is 3. The zero-order valence-corrected chi connectivity index (χ0v) is 17.3. The van der Waals surface area contributed by atoms with Crippen LogP contribution in [0.5, 0.6) is 5.75 Å². The second-order valence-corrected chi connectivity index (χ2v) is 7.76. The predicted octanol–water partition coefficient (Wildman–Crippen LogP) is 3.23. The Bertz CT molecular complexity index is 819. The summed E-state index contributed by atoms with van der Waals surface area (Å²) >= 11 is 0. The van der Waals surface area contributed by atoms with Gasteiger partial charge in [-0.1, -0.05) is 6.07 Å². The van der Waals surface area contributed by atoms with E-state index in [-0.39, 0.29) is 5.78 Å². The third kappa shape index (κ3) is 4.91. The molecule has 5 nitrogen and oxygen atoms in total. The van der Waals surface area contributed by atoms with Gasteiger partial charge in [0.05, 0.1) is 13.2 Å². The van der Waals surface area contributed by atoms with Crippen LogP contribution in [0.2, 0.25) is 0 Å². The van der Waals surface area contributed by atoms with Gasteiger partial charge in [0.15, 0.2) is 5.76 Å². The molecule has 0 atom stereocenters. The summed E-state index contributed by atoms with van der Waals surface area (Å²) in [5.74, 6) is 1.24. The normalized spacial score (nSPS) is 15.2. The average molecular weight is 383 g/mol. The molecule has 0 spiro atoms. The average Bonchev–Trinajstić information content (AvgIpc) is 3.02. The Balaban J connectivity index is 1.63. The number of Topliss-reactive ketones (excluding diaryl/α,β-unsaturated/α-hetero) is 1. The second-order valence-electron chi connectivity index (χ2n) is 7.76. The molecule has 3 rings (SSSR count). The first-order chi connectivity index (χ1) is 13.5. The summed E-state index contributed by atoms with van der Waals surface area (Å²) in [5.41, 5.74) is 3.79. The van der Waals surface area contributed by atoms with Crippen molar-refractivity contribution in [3.63, 3.8) is 0 Å². The summed E-state index contributed by atoms with van der Waals surface area (Å²) in [7, 11) is 8.17. The quantitative estimate of drug-likeness (QED) is 0.581. The van der Waals surface area contributed by atoms with Gasteiger partial charge in [-0.2, -0.15) is 0 Å². The van der Waals surface area contributed by atoms with Crippen LogP contribution >= 0.6 is 0 Å². The second kappa shape index (κ2) is 9.22. The molecule has 0 amide bonds. The van der Waals surface area contributed by atoms with Crippen molar-refractivity contribution < 1.29 is 14.3 Å². The van der Waals surface area contributed by atoms with Gasteiger partial charge in [-0.15, -0.1) is 0 Å². The molecular formula is C23H30N2O3. The number of rotatable bonds is 10. The summed E-state index contributed by atoms with van der Waals surface area (Å²) < 4.78 is 11.6. The number of ether oxygens (including phenoxy) is 2. The fourth-order valence-electron chi connectivity index (χ4n) is 3.36. The lowest BCUT2D eigenvalue weighted by atomic mass is 9.95. The fourth-order valence-corrected chi connectivity index (χ4v) is 3.36. The van der Waals surface area contributed by atoms with Crippen LogP contribution in [-0.2, 0) is 9.53 Å². The molecule has 1 aromatic rings. The molecule has 2 aliphatic rings. The van der Waals surface area contributed by atoms with E-state index in [1.165, 1.54) is 0 Å². The molecule has 0 saturated heterocycles. The zero-order chi connectivity index (χ0) is 20.1. The molecule has 0 aliphatic heterocycles. The van der Waals surface area contributed by atoms with Crippen LogP contribution in [0, 0.1) is 0 Å². The van der Waals surface area contributed by atoms with Crippen molar-refractivity contribution in [2.24, 2.45) is 0 Å². The lowest BCUT2D eigenvalue weighted by molar-refractivity contribution is -0.115. The summed E-state index contributed by atoms with van der Waals surface area (Å²) in [6.45, 7) is 3.17. The van der Waals surface area contributed by atoms with Crippen LogP contribution in [-0.4, -0.2) is 70.1 Å². The molecule has 5 heteroatoms. The highest BCUT2D eigenvalue weighted by Gasteiger charge is 2.29. The first-order valence-corrected chi connectivity index (χ1v) is 9.84. The summed E-state index contributed by atoms with van der Waals surface area (Å²) in [6.07, 6.45) is 7.60. The summed E-state index contributed by atoms with van der Waals surface area (Å²) in [6, 6.07) is 6.03. The maximum absolute atomic E-state index is 12.8. The molecular weight excluding hydrogens is 352 g/mol. The molecule has 0 aromatic heterocycles. The topological polar surface area (TPSA) is 42.0 Å². The largest absolute Gasteiger partial charge is 0.494 e. The van der Waals surface area contributed by atoms with Crippen LogP contribution in [0.15, 0.2) is 41.7 Å². The number of carbonyl (C=O) groups is 1. The van der Waals surface area contributed by atoms with Crippen LogP contribution in [0.25, 0.3) is 11.6 Å². The number of ketones is 1. The van der Waals surface area contributed by atoms with Gasteiger partial charge in [0.1, 0.15) is 5.75 Å². The van der Waals surface area contributed by atoms with Crippen molar-refractivity contribution in [3.8, 4) is 5.75 Å². The summed E-state index contributed by atoms with van der Waals surface area (Å²) in [5, 5.41) is 0. The van der Waals surface area contributed by atoms with Crippen molar-refractivity contribution in [2.45, 2.75) is 12.8 Å². The van der Waals surface area contributed by atoms with Crippen molar-refractivity contribution in [3.05, 3.63) is 52.8 Å². The highest BCUT2D eigenvalue weighted by Crippen LogP contribution is 2.40. The molecule has 0 N–H and O–H groups in total. The molecule has 0 unspecified atom stereocenters. The van der Waals surface area contributed by atoms with E-state index in [1.807, 2.05) is 44.4 Å². The first kappa shape index (κ1) is 20.4. The van der Waals surface area contributed by atoms with Gasteiger partial charge in [-0.25, -0.2) is 0 Å². The number of carbonyl (C=O) groups excluding carboxylic acids is 1.